The van der Waals surface area contributed by atoms with Crippen LogP contribution < -0.4 is 0 Å². The molecule has 0 amide bonds. The summed E-state index contributed by atoms with van der Waals surface area (Å²) in [6, 6.07) is 0.404. The number of thioether (sulfide) groups is 1. The zero-order chi connectivity index (χ0) is 11.7. The summed E-state index contributed by atoms with van der Waals surface area (Å²) in [5, 5.41) is 9.43. The number of nitriles is 1. The third kappa shape index (κ3) is 5.68. The molecule has 86 valence electrons. The van der Waals surface area contributed by atoms with Gasteiger partial charge in [0, 0.05) is 12.6 Å². The summed E-state index contributed by atoms with van der Waals surface area (Å²) in [4.78, 5) is 6.05. The lowest BCUT2D eigenvalue weighted by Gasteiger charge is -2.28. The largest absolute Gasteiger partial charge is 0.348 e. The van der Waals surface area contributed by atoms with Gasteiger partial charge in [-0.1, -0.05) is 31.5 Å². The number of nitrogens with zero attached hydrogens (tertiary/aromatic N) is 3. The Labute approximate surface area is 97.6 Å². The molecule has 15 heavy (non-hydrogen) atoms. The average molecular weight is 227 g/mol. The molecular weight excluding hydrogens is 206 g/mol. The Morgan fingerprint density at radius 1 is 1.47 bits per heavy atom. The van der Waals surface area contributed by atoms with Crippen LogP contribution in [0.15, 0.2) is 4.99 Å². The molecule has 0 unspecified atom stereocenters. The molecule has 0 aromatic carbocycles. The molecule has 0 saturated carbocycles. The van der Waals surface area contributed by atoms with E-state index < -0.39 is 0 Å². The first-order valence-electron chi connectivity index (χ1n) is 5.44. The summed E-state index contributed by atoms with van der Waals surface area (Å²) in [5.74, 6) is 0. The molecule has 0 aliphatic heterocycles. The van der Waals surface area contributed by atoms with Crippen LogP contribution >= 0.6 is 11.8 Å². The molecule has 0 aromatic heterocycles. The van der Waals surface area contributed by atoms with Gasteiger partial charge in [-0.3, -0.25) is 0 Å². The van der Waals surface area contributed by atoms with Crippen molar-refractivity contribution >= 4 is 16.9 Å². The van der Waals surface area contributed by atoms with Crippen LogP contribution in [0.3, 0.4) is 0 Å². The minimum absolute atomic E-state index is 0.404. The van der Waals surface area contributed by atoms with E-state index in [1.165, 1.54) is 19.3 Å². The highest BCUT2D eigenvalue weighted by Crippen LogP contribution is 2.11. The first kappa shape index (κ1) is 14.3. The highest BCUT2D eigenvalue weighted by molar-refractivity contribution is 8.13. The monoisotopic (exact) mass is 227 g/mol. The Morgan fingerprint density at radius 3 is 2.53 bits per heavy atom. The molecule has 0 aromatic rings. The van der Waals surface area contributed by atoms with Gasteiger partial charge in [-0.25, -0.2) is 0 Å². The van der Waals surface area contributed by atoms with Gasteiger partial charge in [0.1, 0.15) is 0 Å². The zero-order valence-electron chi connectivity index (χ0n) is 10.2. The number of aliphatic imine (C=N–C) groups is 1. The minimum atomic E-state index is 0.404. The molecule has 0 N–H and O–H groups in total. The van der Waals surface area contributed by atoms with E-state index in [1.807, 2.05) is 12.4 Å². The van der Waals surface area contributed by atoms with Crippen LogP contribution in [0.4, 0.5) is 0 Å². The molecule has 0 fully saturated rings. The molecule has 0 saturated heterocycles. The van der Waals surface area contributed by atoms with Crippen LogP contribution in [0.1, 0.15) is 40.0 Å². The Kier molecular flexibility index (Phi) is 8.21. The van der Waals surface area contributed by atoms with Crippen molar-refractivity contribution in [3.8, 4) is 6.19 Å². The van der Waals surface area contributed by atoms with Gasteiger partial charge in [-0.2, -0.15) is 5.26 Å². The predicted octanol–water partition coefficient (Wildman–Crippen LogP) is 3.09. The third-order valence-electron chi connectivity index (χ3n) is 2.20. The summed E-state index contributed by atoms with van der Waals surface area (Å²) >= 11 is 1.54. The summed E-state index contributed by atoms with van der Waals surface area (Å²) < 4.78 is 0. The van der Waals surface area contributed by atoms with Crippen LogP contribution in [-0.2, 0) is 0 Å². The van der Waals surface area contributed by atoms with Crippen LogP contribution in [0, 0.1) is 11.5 Å². The van der Waals surface area contributed by atoms with E-state index in [2.05, 4.69) is 30.7 Å². The maximum Gasteiger partial charge on any atom is 0.208 e. The molecule has 0 rings (SSSR count). The van der Waals surface area contributed by atoms with E-state index in [1.54, 1.807) is 11.8 Å². The smallest absolute Gasteiger partial charge is 0.208 e. The molecule has 0 heterocycles. The highest BCUT2D eigenvalue weighted by atomic mass is 32.2. The molecule has 0 radical (unpaired) electrons. The van der Waals surface area contributed by atoms with Crippen LogP contribution in [0.5, 0.6) is 0 Å². The molecule has 0 aliphatic rings. The Hall–Kier alpha value is -0.690. The second-order valence-electron chi connectivity index (χ2n) is 3.69. The first-order valence-corrected chi connectivity index (χ1v) is 6.67. The van der Waals surface area contributed by atoms with Crippen molar-refractivity contribution in [3.05, 3.63) is 0 Å². The second-order valence-corrected chi connectivity index (χ2v) is 4.47. The van der Waals surface area contributed by atoms with Gasteiger partial charge < -0.3 is 4.90 Å². The maximum absolute atomic E-state index is 8.59. The van der Waals surface area contributed by atoms with E-state index in [0.717, 1.165) is 11.7 Å². The van der Waals surface area contributed by atoms with E-state index in [9.17, 15) is 0 Å². The van der Waals surface area contributed by atoms with Gasteiger partial charge in [-0.05, 0) is 26.5 Å². The molecule has 3 nitrogen and oxygen atoms in total. The minimum Gasteiger partial charge on any atom is -0.348 e. The Bertz CT molecular complexity index is 230. The van der Waals surface area contributed by atoms with Crippen LogP contribution in [0.25, 0.3) is 0 Å². The first-order chi connectivity index (χ1) is 7.17. The summed E-state index contributed by atoms with van der Waals surface area (Å²) in [5.41, 5.74) is 0. The Morgan fingerprint density at radius 2 is 2.13 bits per heavy atom. The van der Waals surface area contributed by atoms with Gasteiger partial charge in [0.15, 0.2) is 5.17 Å². The van der Waals surface area contributed by atoms with Crippen molar-refractivity contribution in [1.82, 2.24) is 4.90 Å². The Balaban J connectivity index is 4.37. The number of hydrogen-bond acceptors (Lipinski definition) is 3. The van der Waals surface area contributed by atoms with Crippen molar-refractivity contribution in [1.29, 1.82) is 5.26 Å². The molecule has 0 spiro atoms. The van der Waals surface area contributed by atoms with Crippen molar-refractivity contribution in [3.63, 3.8) is 0 Å². The molecule has 0 atom stereocenters. The summed E-state index contributed by atoms with van der Waals surface area (Å²) in [7, 11) is 0. The van der Waals surface area contributed by atoms with Gasteiger partial charge in [0.05, 0.1) is 0 Å². The molecule has 0 bridgehead atoms. The average Bonchev–Trinajstić information content (AvgIpc) is 2.21. The van der Waals surface area contributed by atoms with E-state index in [4.69, 9.17) is 5.26 Å². The zero-order valence-corrected chi connectivity index (χ0v) is 11.0. The van der Waals surface area contributed by atoms with Crippen LogP contribution in [0.2, 0.25) is 0 Å². The van der Waals surface area contributed by atoms with Gasteiger partial charge >= 0.3 is 0 Å². The quantitative estimate of drug-likeness (QED) is 0.313. The van der Waals surface area contributed by atoms with Gasteiger partial charge in [-0.15, -0.1) is 4.99 Å². The topological polar surface area (TPSA) is 39.4 Å². The normalized spacial score (nSPS) is 11.6. The third-order valence-corrected chi connectivity index (χ3v) is 2.89. The summed E-state index contributed by atoms with van der Waals surface area (Å²) in [6.45, 7) is 7.45. The standard InChI is InChI=1S/C11H21N3S/c1-5-6-7-8-14(10(2)3)11(15-4)13-9-12/h10H,5-8H2,1-4H3. The van der Waals surface area contributed by atoms with E-state index in [-0.39, 0.29) is 0 Å². The number of amidine groups is 1. The lowest BCUT2D eigenvalue weighted by Crippen LogP contribution is -2.35. The van der Waals surface area contributed by atoms with Crippen molar-refractivity contribution in [2.45, 2.75) is 46.1 Å². The number of unbranched alkanes of at least 4 members (excludes halogenated alkanes) is 2. The van der Waals surface area contributed by atoms with Crippen molar-refractivity contribution in [2.24, 2.45) is 4.99 Å². The van der Waals surface area contributed by atoms with Crippen molar-refractivity contribution < 1.29 is 0 Å². The number of hydrogen-bond donors (Lipinski definition) is 0. The molecule has 0 aliphatic carbocycles. The lowest BCUT2D eigenvalue weighted by atomic mass is 10.2. The van der Waals surface area contributed by atoms with Crippen molar-refractivity contribution in [2.75, 3.05) is 12.8 Å². The van der Waals surface area contributed by atoms with E-state index in [0.29, 0.717) is 6.04 Å². The van der Waals surface area contributed by atoms with E-state index >= 15 is 0 Å². The fourth-order valence-electron chi connectivity index (χ4n) is 1.38. The maximum atomic E-state index is 8.59. The fourth-order valence-corrected chi connectivity index (χ4v) is 2.05. The predicted molar refractivity (Wildman–Crippen MR) is 67.9 cm³/mol. The SMILES string of the molecule is CCCCCN(C(=NC#N)SC)C(C)C. The van der Waals surface area contributed by atoms with Gasteiger partial charge in [0.2, 0.25) is 6.19 Å². The van der Waals surface area contributed by atoms with Crippen LogP contribution in [-0.4, -0.2) is 28.9 Å². The van der Waals surface area contributed by atoms with Gasteiger partial charge in [0.25, 0.3) is 0 Å². The number of rotatable bonds is 5. The second kappa shape index (κ2) is 8.60. The highest BCUT2D eigenvalue weighted by Gasteiger charge is 2.13. The lowest BCUT2D eigenvalue weighted by molar-refractivity contribution is 0.347. The molecule has 4 heteroatoms. The summed E-state index contributed by atoms with van der Waals surface area (Å²) in [6.07, 6.45) is 7.45. The molecular formula is C11H21N3S. The fraction of sp³-hybridized carbons (Fsp3) is 0.818.